The summed E-state index contributed by atoms with van der Waals surface area (Å²) in [6.07, 6.45) is 0.982. The second kappa shape index (κ2) is 5.30. The fourth-order valence-electron chi connectivity index (χ4n) is 1.53. The molecule has 5 heteroatoms. The topological polar surface area (TPSA) is 64.6 Å². The Morgan fingerprint density at radius 2 is 2.19 bits per heavy atom. The highest BCUT2D eigenvalue weighted by atomic mass is 16.6. The highest BCUT2D eigenvalue weighted by molar-refractivity contribution is 5.69. The van der Waals surface area contributed by atoms with Crippen molar-refractivity contribution in [1.82, 2.24) is 5.32 Å². The van der Waals surface area contributed by atoms with Gasteiger partial charge in [-0.3, -0.25) is 0 Å². The van der Waals surface area contributed by atoms with Gasteiger partial charge in [0.15, 0.2) is 0 Å². The number of rotatable bonds is 2. The molecule has 0 bridgehead atoms. The van der Waals surface area contributed by atoms with Crippen molar-refractivity contribution in [2.24, 2.45) is 5.92 Å². The van der Waals surface area contributed by atoms with Crippen molar-refractivity contribution in [3.8, 4) is 0 Å². The molecule has 0 aromatic carbocycles. The monoisotopic (exact) mass is 229 g/mol. The highest BCUT2D eigenvalue weighted by Crippen LogP contribution is 2.14. The smallest absolute Gasteiger partial charge is 0.407 e. The fourth-order valence-corrected chi connectivity index (χ4v) is 1.53. The maximum absolute atomic E-state index is 11.5. The van der Waals surface area contributed by atoms with Crippen LogP contribution < -0.4 is 5.32 Å². The van der Waals surface area contributed by atoms with Crippen molar-refractivity contribution in [3.05, 3.63) is 0 Å². The Kier molecular flexibility index (Phi) is 4.29. The maximum atomic E-state index is 11.5. The second-order valence-electron chi connectivity index (χ2n) is 4.92. The van der Waals surface area contributed by atoms with Gasteiger partial charge >= 0.3 is 6.09 Å². The minimum Gasteiger partial charge on any atom is -0.444 e. The van der Waals surface area contributed by atoms with Crippen LogP contribution in [0.1, 0.15) is 27.2 Å². The van der Waals surface area contributed by atoms with Crippen LogP contribution in [-0.4, -0.2) is 37.2 Å². The third kappa shape index (κ3) is 4.18. The van der Waals surface area contributed by atoms with Crippen LogP contribution in [0.25, 0.3) is 0 Å². The van der Waals surface area contributed by atoms with E-state index in [2.05, 4.69) is 5.32 Å². The summed E-state index contributed by atoms with van der Waals surface area (Å²) in [6.45, 7) is 6.32. The van der Waals surface area contributed by atoms with E-state index < -0.39 is 11.7 Å². The van der Waals surface area contributed by atoms with Crippen molar-refractivity contribution in [3.63, 3.8) is 0 Å². The lowest BCUT2D eigenvalue weighted by molar-refractivity contribution is -0.115. The van der Waals surface area contributed by atoms with E-state index in [4.69, 9.17) is 9.47 Å². The molecular weight excluding hydrogens is 210 g/mol. The van der Waals surface area contributed by atoms with Gasteiger partial charge in [0, 0.05) is 12.6 Å². The molecule has 0 unspecified atom stereocenters. The summed E-state index contributed by atoms with van der Waals surface area (Å²) in [5, 5.41) is 2.70. The van der Waals surface area contributed by atoms with Gasteiger partial charge in [0.1, 0.15) is 11.9 Å². The van der Waals surface area contributed by atoms with Gasteiger partial charge in [0.2, 0.25) is 0 Å². The number of carbonyl (C=O) groups is 2. The fraction of sp³-hybridized carbons (Fsp3) is 0.818. The van der Waals surface area contributed by atoms with Crippen LogP contribution in [0.2, 0.25) is 0 Å². The molecule has 0 aliphatic carbocycles. The number of ether oxygens (including phenoxy) is 2. The van der Waals surface area contributed by atoms with Crippen LogP contribution in [0.4, 0.5) is 4.79 Å². The molecule has 1 aliphatic rings. The number of amides is 1. The van der Waals surface area contributed by atoms with Crippen molar-refractivity contribution in [2.45, 2.75) is 38.8 Å². The number of aldehydes is 1. The summed E-state index contributed by atoms with van der Waals surface area (Å²) in [4.78, 5) is 22.3. The molecule has 5 nitrogen and oxygen atoms in total. The molecule has 0 saturated carbocycles. The third-order valence-corrected chi connectivity index (χ3v) is 2.28. The number of alkyl carbamates (subject to hydrolysis) is 1. The van der Waals surface area contributed by atoms with Crippen LogP contribution in [0, 0.1) is 5.92 Å². The van der Waals surface area contributed by atoms with Crippen LogP contribution in [0.5, 0.6) is 0 Å². The van der Waals surface area contributed by atoms with E-state index in [0.717, 1.165) is 6.29 Å². The molecule has 0 aromatic heterocycles. The SMILES string of the molecule is CC(C)(C)OC(=O)N[C@@H]1CCOC[C@@H]1C=O. The predicted molar refractivity (Wildman–Crippen MR) is 58.1 cm³/mol. The minimum absolute atomic E-state index is 0.180. The Labute approximate surface area is 95.5 Å². The van der Waals surface area contributed by atoms with Gasteiger partial charge in [-0.15, -0.1) is 0 Å². The van der Waals surface area contributed by atoms with Crippen molar-refractivity contribution < 1.29 is 19.1 Å². The molecule has 0 aromatic rings. The minimum atomic E-state index is -0.522. The summed E-state index contributed by atoms with van der Waals surface area (Å²) in [6, 6.07) is -0.180. The predicted octanol–water partition coefficient (Wildman–Crippen LogP) is 1.12. The van der Waals surface area contributed by atoms with E-state index in [1.807, 2.05) is 0 Å². The molecule has 1 fully saturated rings. The first kappa shape index (κ1) is 13.0. The molecule has 0 radical (unpaired) electrons. The average Bonchev–Trinajstić information content (AvgIpc) is 2.15. The molecule has 1 rings (SSSR count). The van der Waals surface area contributed by atoms with E-state index in [0.29, 0.717) is 19.6 Å². The molecule has 1 N–H and O–H groups in total. The summed E-state index contributed by atoms with van der Waals surface area (Å²) in [7, 11) is 0. The zero-order chi connectivity index (χ0) is 12.2. The molecule has 0 spiro atoms. The van der Waals surface area contributed by atoms with E-state index in [1.165, 1.54) is 0 Å². The first-order valence-corrected chi connectivity index (χ1v) is 5.45. The first-order chi connectivity index (χ1) is 7.42. The molecule has 92 valence electrons. The average molecular weight is 229 g/mol. The van der Waals surface area contributed by atoms with E-state index >= 15 is 0 Å². The van der Waals surface area contributed by atoms with Crippen molar-refractivity contribution >= 4 is 12.4 Å². The summed E-state index contributed by atoms with van der Waals surface area (Å²) < 4.78 is 10.3. The number of hydrogen-bond donors (Lipinski definition) is 1. The van der Waals surface area contributed by atoms with Crippen LogP contribution in [0.15, 0.2) is 0 Å². The normalized spacial score (nSPS) is 25.9. The van der Waals surface area contributed by atoms with Gasteiger partial charge in [0.05, 0.1) is 12.5 Å². The van der Waals surface area contributed by atoms with Gasteiger partial charge < -0.3 is 19.6 Å². The lowest BCUT2D eigenvalue weighted by atomic mass is 9.97. The van der Waals surface area contributed by atoms with Crippen molar-refractivity contribution in [2.75, 3.05) is 13.2 Å². The van der Waals surface area contributed by atoms with E-state index in [1.54, 1.807) is 20.8 Å². The van der Waals surface area contributed by atoms with Crippen molar-refractivity contribution in [1.29, 1.82) is 0 Å². The Hall–Kier alpha value is -1.10. The molecular formula is C11H19NO4. The second-order valence-corrected chi connectivity index (χ2v) is 4.92. The zero-order valence-corrected chi connectivity index (χ0v) is 9.99. The molecule has 1 heterocycles. The zero-order valence-electron chi connectivity index (χ0n) is 9.99. The van der Waals surface area contributed by atoms with E-state index in [-0.39, 0.29) is 12.0 Å². The quantitative estimate of drug-likeness (QED) is 0.720. The molecule has 1 saturated heterocycles. The molecule has 1 amide bonds. The summed E-state index contributed by atoms with van der Waals surface area (Å²) >= 11 is 0. The van der Waals surface area contributed by atoms with Crippen LogP contribution in [-0.2, 0) is 14.3 Å². The summed E-state index contributed by atoms with van der Waals surface area (Å²) in [5.74, 6) is -0.277. The van der Waals surface area contributed by atoms with Crippen LogP contribution in [0.3, 0.4) is 0 Å². The third-order valence-electron chi connectivity index (χ3n) is 2.28. The Morgan fingerprint density at radius 1 is 1.50 bits per heavy atom. The first-order valence-electron chi connectivity index (χ1n) is 5.45. The van der Waals surface area contributed by atoms with E-state index in [9.17, 15) is 9.59 Å². The Balaban J connectivity index is 2.45. The highest BCUT2D eigenvalue weighted by Gasteiger charge is 2.28. The number of carbonyl (C=O) groups excluding carboxylic acids is 2. The molecule has 16 heavy (non-hydrogen) atoms. The Bertz CT molecular complexity index is 259. The summed E-state index contributed by atoms with van der Waals surface area (Å²) in [5.41, 5.74) is -0.522. The van der Waals surface area contributed by atoms with Gasteiger partial charge in [-0.05, 0) is 27.2 Å². The van der Waals surface area contributed by atoms with Gasteiger partial charge in [-0.1, -0.05) is 0 Å². The van der Waals surface area contributed by atoms with Crippen LogP contribution >= 0.6 is 0 Å². The molecule has 1 aliphatic heterocycles. The lowest BCUT2D eigenvalue weighted by Gasteiger charge is -2.29. The van der Waals surface area contributed by atoms with Gasteiger partial charge in [0.25, 0.3) is 0 Å². The van der Waals surface area contributed by atoms with Gasteiger partial charge in [-0.2, -0.15) is 0 Å². The number of nitrogens with one attached hydrogen (secondary N) is 1. The lowest BCUT2D eigenvalue weighted by Crippen LogP contribution is -2.47. The largest absolute Gasteiger partial charge is 0.444 e. The molecule has 2 atom stereocenters. The Morgan fingerprint density at radius 3 is 2.75 bits per heavy atom. The maximum Gasteiger partial charge on any atom is 0.407 e. The number of hydrogen-bond acceptors (Lipinski definition) is 4. The van der Waals surface area contributed by atoms with Gasteiger partial charge in [-0.25, -0.2) is 4.79 Å². The standard InChI is InChI=1S/C11H19NO4/c1-11(2,3)16-10(14)12-9-4-5-15-7-8(9)6-13/h6,8-9H,4-5,7H2,1-3H3,(H,12,14)/t8-,9+/m0/s1.